The molecule has 0 amide bonds. The van der Waals surface area contributed by atoms with Crippen LogP contribution in [0, 0.1) is 0 Å². The van der Waals surface area contributed by atoms with Crippen LogP contribution in [-0.4, -0.2) is 79.0 Å². The van der Waals surface area contributed by atoms with Crippen LogP contribution >= 0.6 is 0 Å². The van der Waals surface area contributed by atoms with Crippen molar-refractivity contribution in [2.75, 3.05) is 39.9 Å². The fraction of sp³-hybridized carbons (Fsp3) is 0.850. The predicted molar refractivity (Wildman–Crippen MR) is 110 cm³/mol. The van der Waals surface area contributed by atoms with Crippen molar-refractivity contribution in [3.05, 3.63) is 11.9 Å². The maximum absolute atomic E-state index is 13.2. The molecule has 1 aliphatic carbocycles. The van der Waals surface area contributed by atoms with E-state index in [1.165, 1.54) is 0 Å². The third-order valence-corrected chi connectivity index (χ3v) is 8.33. The van der Waals surface area contributed by atoms with Crippen LogP contribution in [0.15, 0.2) is 11.4 Å². The molecular formula is C20H36N4O3S. The Kier molecular flexibility index (Phi) is 7.53. The first-order chi connectivity index (χ1) is 13.4. The second kappa shape index (κ2) is 9.69. The number of imidazole rings is 1. The van der Waals surface area contributed by atoms with Crippen LogP contribution in [0.2, 0.25) is 0 Å². The van der Waals surface area contributed by atoms with Gasteiger partial charge in [0.25, 0.3) is 0 Å². The van der Waals surface area contributed by atoms with E-state index in [4.69, 9.17) is 4.74 Å². The smallest absolute Gasteiger partial charge is 0.228 e. The van der Waals surface area contributed by atoms with Gasteiger partial charge in [0.2, 0.25) is 15.0 Å². The number of rotatable bonds is 9. The molecule has 0 unspecified atom stereocenters. The van der Waals surface area contributed by atoms with Crippen LogP contribution in [0.1, 0.15) is 51.6 Å². The van der Waals surface area contributed by atoms with Crippen molar-refractivity contribution < 1.29 is 13.2 Å². The second-order valence-corrected chi connectivity index (χ2v) is 10.5. The van der Waals surface area contributed by atoms with Gasteiger partial charge in [-0.25, -0.2) is 13.4 Å². The van der Waals surface area contributed by atoms with E-state index in [-0.39, 0.29) is 10.4 Å². The third kappa shape index (κ3) is 4.96. The minimum atomic E-state index is -3.36. The molecular weight excluding hydrogens is 376 g/mol. The summed E-state index contributed by atoms with van der Waals surface area (Å²) >= 11 is 0. The lowest BCUT2D eigenvalue weighted by Crippen LogP contribution is -2.48. The molecule has 0 aromatic carbocycles. The molecule has 1 aromatic rings. The molecule has 1 aromatic heterocycles. The highest BCUT2D eigenvalue weighted by Crippen LogP contribution is 2.30. The van der Waals surface area contributed by atoms with Crippen LogP contribution < -0.4 is 0 Å². The second-order valence-electron chi connectivity index (χ2n) is 8.39. The van der Waals surface area contributed by atoms with Gasteiger partial charge in [0.05, 0.1) is 17.1 Å². The Bertz CT molecular complexity index is 718. The van der Waals surface area contributed by atoms with Crippen LogP contribution in [0.5, 0.6) is 0 Å². The van der Waals surface area contributed by atoms with Crippen LogP contribution in [0.3, 0.4) is 0 Å². The number of methoxy groups -OCH3 is 1. The summed E-state index contributed by atoms with van der Waals surface area (Å²) in [7, 11) is -1.68. The Balaban J connectivity index is 1.76. The van der Waals surface area contributed by atoms with E-state index in [0.29, 0.717) is 19.2 Å². The SMILES string of the molecule is COCCCn1c(CN2CCN(C(C)C)CC2)cnc1S(=O)(=O)C1CCCC1. The normalized spacial score (nSPS) is 20.4. The van der Waals surface area contributed by atoms with Crippen molar-refractivity contribution in [1.82, 2.24) is 19.4 Å². The summed E-state index contributed by atoms with van der Waals surface area (Å²) < 4.78 is 33.5. The molecule has 0 radical (unpaired) electrons. The maximum Gasteiger partial charge on any atom is 0.228 e. The molecule has 0 spiro atoms. The van der Waals surface area contributed by atoms with E-state index in [2.05, 4.69) is 28.6 Å². The van der Waals surface area contributed by atoms with Gasteiger partial charge in [0.1, 0.15) is 0 Å². The number of aromatic nitrogens is 2. The van der Waals surface area contributed by atoms with Gasteiger partial charge < -0.3 is 9.30 Å². The zero-order valence-electron chi connectivity index (χ0n) is 17.6. The first-order valence-electron chi connectivity index (χ1n) is 10.7. The number of ether oxygens (including phenoxy) is 1. The average molecular weight is 413 g/mol. The van der Waals surface area contributed by atoms with Gasteiger partial charge in [-0.15, -0.1) is 0 Å². The van der Waals surface area contributed by atoms with Crippen molar-refractivity contribution in [3.8, 4) is 0 Å². The lowest BCUT2D eigenvalue weighted by atomic mass is 10.2. The monoisotopic (exact) mass is 412 g/mol. The zero-order chi connectivity index (χ0) is 20.1. The summed E-state index contributed by atoms with van der Waals surface area (Å²) in [6.07, 6.45) is 6.10. The summed E-state index contributed by atoms with van der Waals surface area (Å²) in [5.41, 5.74) is 1.01. The molecule has 3 rings (SSSR count). The number of sulfone groups is 1. The molecule has 0 N–H and O–H groups in total. The van der Waals surface area contributed by atoms with E-state index in [0.717, 1.165) is 70.5 Å². The van der Waals surface area contributed by atoms with Crippen LogP contribution in [-0.2, 0) is 27.7 Å². The van der Waals surface area contributed by atoms with Gasteiger partial charge in [0.15, 0.2) is 0 Å². The molecule has 0 bridgehead atoms. The highest BCUT2D eigenvalue weighted by atomic mass is 32.2. The van der Waals surface area contributed by atoms with Crippen molar-refractivity contribution >= 4 is 9.84 Å². The molecule has 1 saturated heterocycles. The summed E-state index contributed by atoms with van der Waals surface area (Å²) in [6.45, 7) is 10.6. The van der Waals surface area contributed by atoms with E-state index in [1.807, 2.05) is 4.57 Å². The number of piperazine rings is 1. The minimum Gasteiger partial charge on any atom is -0.385 e. The minimum absolute atomic E-state index is 0.265. The van der Waals surface area contributed by atoms with Gasteiger partial charge >= 0.3 is 0 Å². The number of nitrogens with zero attached hydrogens (tertiary/aromatic N) is 4. The first-order valence-corrected chi connectivity index (χ1v) is 12.2. The predicted octanol–water partition coefficient (Wildman–Crippen LogP) is 2.16. The van der Waals surface area contributed by atoms with Gasteiger partial charge in [-0.05, 0) is 33.1 Å². The Labute approximate surface area is 170 Å². The van der Waals surface area contributed by atoms with Crippen molar-refractivity contribution in [1.29, 1.82) is 0 Å². The molecule has 8 heteroatoms. The summed E-state index contributed by atoms with van der Waals surface area (Å²) in [6, 6.07) is 0.574. The van der Waals surface area contributed by atoms with E-state index < -0.39 is 9.84 Å². The topological polar surface area (TPSA) is 67.7 Å². The lowest BCUT2D eigenvalue weighted by Gasteiger charge is -2.36. The van der Waals surface area contributed by atoms with E-state index in [9.17, 15) is 8.42 Å². The fourth-order valence-electron chi connectivity index (χ4n) is 4.37. The summed E-state index contributed by atoms with van der Waals surface area (Å²) in [5, 5.41) is 0.00447. The van der Waals surface area contributed by atoms with Crippen LogP contribution in [0.4, 0.5) is 0 Å². The third-order valence-electron chi connectivity index (χ3n) is 6.15. The largest absolute Gasteiger partial charge is 0.385 e. The van der Waals surface area contributed by atoms with E-state index in [1.54, 1.807) is 13.3 Å². The quantitative estimate of drug-likeness (QED) is 0.579. The Morgan fingerprint density at radius 3 is 2.46 bits per heavy atom. The van der Waals surface area contributed by atoms with Gasteiger partial charge in [-0.3, -0.25) is 9.80 Å². The fourth-order valence-corrected chi connectivity index (χ4v) is 6.33. The van der Waals surface area contributed by atoms with Gasteiger partial charge in [-0.2, -0.15) is 0 Å². The van der Waals surface area contributed by atoms with Crippen LogP contribution in [0.25, 0.3) is 0 Å². The number of hydrogen-bond acceptors (Lipinski definition) is 6. The molecule has 28 heavy (non-hydrogen) atoms. The number of hydrogen-bond donors (Lipinski definition) is 0. The molecule has 2 fully saturated rings. The van der Waals surface area contributed by atoms with Gasteiger partial charge in [-0.1, -0.05) is 12.8 Å². The van der Waals surface area contributed by atoms with E-state index >= 15 is 0 Å². The Hall–Kier alpha value is -0.960. The molecule has 1 saturated carbocycles. The molecule has 0 atom stereocenters. The molecule has 7 nitrogen and oxygen atoms in total. The summed E-state index contributed by atoms with van der Waals surface area (Å²) in [4.78, 5) is 9.32. The molecule has 160 valence electrons. The standard InChI is InChI=1S/C20H36N4O3S/c1-17(2)23-12-10-22(11-13-23)16-18-15-21-20(24(18)9-6-14-27-3)28(25,26)19-7-4-5-8-19/h15,17,19H,4-14,16H2,1-3H3. The Morgan fingerprint density at radius 1 is 1.18 bits per heavy atom. The lowest BCUT2D eigenvalue weighted by molar-refractivity contribution is 0.102. The van der Waals surface area contributed by atoms with Gasteiger partial charge in [0, 0.05) is 59.0 Å². The Morgan fingerprint density at radius 2 is 1.86 bits per heavy atom. The average Bonchev–Trinajstić information content (AvgIpc) is 3.34. The molecule has 2 heterocycles. The molecule has 2 aliphatic rings. The highest BCUT2D eigenvalue weighted by Gasteiger charge is 2.34. The van der Waals surface area contributed by atoms with Crippen molar-refractivity contribution in [2.24, 2.45) is 0 Å². The highest BCUT2D eigenvalue weighted by molar-refractivity contribution is 7.91. The maximum atomic E-state index is 13.2. The van der Waals surface area contributed by atoms with Crippen molar-refractivity contribution in [2.45, 2.75) is 75.5 Å². The first kappa shape index (κ1) is 21.7. The summed E-state index contributed by atoms with van der Waals surface area (Å²) in [5.74, 6) is 0. The van der Waals surface area contributed by atoms with Crippen molar-refractivity contribution in [3.63, 3.8) is 0 Å². The zero-order valence-corrected chi connectivity index (χ0v) is 18.5. The molecule has 1 aliphatic heterocycles.